The molecule has 3 aliphatic rings. The Hall–Kier alpha value is -1.69. The van der Waals surface area contributed by atoms with Gasteiger partial charge in [0.05, 0.1) is 18.6 Å². The van der Waals surface area contributed by atoms with E-state index in [0.717, 1.165) is 25.1 Å². The van der Waals surface area contributed by atoms with Crippen LogP contribution in [0.15, 0.2) is 16.2 Å². The van der Waals surface area contributed by atoms with Crippen molar-refractivity contribution in [3.05, 3.63) is 23.4 Å². The minimum Gasteiger partial charge on any atom is -0.388 e. The average Bonchev–Trinajstić information content (AvgIpc) is 3.45. The van der Waals surface area contributed by atoms with E-state index in [1.807, 2.05) is 6.92 Å². The van der Waals surface area contributed by atoms with E-state index in [-0.39, 0.29) is 5.91 Å². The number of aliphatic hydroxyl groups is 1. The van der Waals surface area contributed by atoms with Crippen molar-refractivity contribution < 1.29 is 14.4 Å². The SMILES string of the molecule is C/C(=C\C(=O)N1CCCC(O)(Cc2nc(C3CC3)no2)C1)C1CC1. The first kappa shape index (κ1) is 15.8. The molecule has 0 spiro atoms. The minimum atomic E-state index is -0.970. The molecule has 1 saturated heterocycles. The summed E-state index contributed by atoms with van der Waals surface area (Å²) in [6, 6.07) is 0. The molecular weight excluding hydrogens is 306 g/mol. The molecule has 1 aromatic heterocycles. The highest BCUT2D eigenvalue weighted by Crippen LogP contribution is 2.38. The molecule has 3 fully saturated rings. The molecule has 1 unspecified atom stereocenters. The van der Waals surface area contributed by atoms with E-state index in [2.05, 4.69) is 10.1 Å². The number of likely N-dealkylation sites (tertiary alicyclic amines) is 1. The highest BCUT2D eigenvalue weighted by atomic mass is 16.5. The summed E-state index contributed by atoms with van der Waals surface area (Å²) < 4.78 is 5.30. The van der Waals surface area contributed by atoms with Crippen molar-refractivity contribution in [3.63, 3.8) is 0 Å². The first-order valence-electron chi connectivity index (χ1n) is 9.04. The lowest BCUT2D eigenvalue weighted by Gasteiger charge is -2.38. The van der Waals surface area contributed by atoms with Crippen LogP contribution in [0.25, 0.3) is 0 Å². The van der Waals surface area contributed by atoms with E-state index in [0.29, 0.717) is 43.7 Å². The molecule has 2 saturated carbocycles. The number of hydrogen-bond acceptors (Lipinski definition) is 5. The summed E-state index contributed by atoms with van der Waals surface area (Å²) in [6.45, 7) is 3.07. The topological polar surface area (TPSA) is 79.5 Å². The number of allylic oxidation sites excluding steroid dienone is 1. The first-order valence-corrected chi connectivity index (χ1v) is 9.04. The Kier molecular flexibility index (Phi) is 3.95. The summed E-state index contributed by atoms with van der Waals surface area (Å²) in [6.07, 6.45) is 8.16. The van der Waals surface area contributed by atoms with E-state index in [4.69, 9.17) is 4.52 Å². The van der Waals surface area contributed by atoms with Gasteiger partial charge in [-0.2, -0.15) is 4.98 Å². The second-order valence-electron chi connectivity index (χ2n) is 7.75. The van der Waals surface area contributed by atoms with E-state index in [1.54, 1.807) is 11.0 Å². The Bertz CT molecular complexity index is 660. The fourth-order valence-corrected chi connectivity index (χ4v) is 3.52. The van der Waals surface area contributed by atoms with Gasteiger partial charge in [-0.05, 0) is 51.4 Å². The number of β-amino-alcohol motifs (C(OH)–C–C–N with tert-alkyl or cyclic N) is 1. The second kappa shape index (κ2) is 5.99. The number of carbonyl (C=O) groups is 1. The maximum atomic E-state index is 12.5. The van der Waals surface area contributed by atoms with Gasteiger partial charge < -0.3 is 14.5 Å². The summed E-state index contributed by atoms with van der Waals surface area (Å²) in [5, 5.41) is 14.9. The highest BCUT2D eigenvalue weighted by Gasteiger charge is 2.38. The molecule has 6 heteroatoms. The standard InChI is InChI=1S/C18H25N3O3/c1-12(13-3-4-13)9-16(22)21-8-2-7-18(23,11-21)10-15-19-17(20-24-15)14-5-6-14/h9,13-14,23H,2-8,10-11H2,1H3/b12-9+. The van der Waals surface area contributed by atoms with Crippen LogP contribution < -0.4 is 0 Å². The van der Waals surface area contributed by atoms with Crippen LogP contribution in [-0.4, -0.2) is 44.7 Å². The lowest BCUT2D eigenvalue weighted by atomic mass is 9.89. The number of amides is 1. The van der Waals surface area contributed by atoms with Crippen molar-refractivity contribution >= 4 is 5.91 Å². The summed E-state index contributed by atoms with van der Waals surface area (Å²) in [5.74, 6) is 2.30. The third-order valence-electron chi connectivity index (χ3n) is 5.35. The van der Waals surface area contributed by atoms with Crippen molar-refractivity contribution in [1.29, 1.82) is 0 Å². The third kappa shape index (κ3) is 3.53. The quantitative estimate of drug-likeness (QED) is 0.837. The van der Waals surface area contributed by atoms with Crippen molar-refractivity contribution in [3.8, 4) is 0 Å². The molecule has 1 aliphatic heterocycles. The smallest absolute Gasteiger partial charge is 0.246 e. The first-order chi connectivity index (χ1) is 11.5. The number of rotatable bonds is 5. The normalized spacial score (nSPS) is 28.2. The lowest BCUT2D eigenvalue weighted by Crippen LogP contribution is -2.51. The van der Waals surface area contributed by atoms with Crippen LogP contribution in [0.3, 0.4) is 0 Å². The van der Waals surface area contributed by atoms with Gasteiger partial charge in [0.1, 0.15) is 0 Å². The fourth-order valence-electron chi connectivity index (χ4n) is 3.52. The predicted molar refractivity (Wildman–Crippen MR) is 87.2 cm³/mol. The molecule has 1 atom stereocenters. The van der Waals surface area contributed by atoms with Crippen LogP contribution >= 0.6 is 0 Å². The molecule has 4 rings (SSSR count). The molecule has 130 valence electrons. The van der Waals surface area contributed by atoms with Crippen LogP contribution in [0.1, 0.15) is 63.1 Å². The summed E-state index contributed by atoms with van der Waals surface area (Å²) >= 11 is 0. The lowest BCUT2D eigenvalue weighted by molar-refractivity contribution is -0.133. The Morgan fingerprint density at radius 3 is 2.92 bits per heavy atom. The van der Waals surface area contributed by atoms with Crippen LogP contribution in [0.4, 0.5) is 0 Å². The average molecular weight is 331 g/mol. The van der Waals surface area contributed by atoms with Gasteiger partial charge in [0.15, 0.2) is 5.82 Å². The van der Waals surface area contributed by atoms with Gasteiger partial charge in [0, 0.05) is 18.5 Å². The Morgan fingerprint density at radius 2 is 2.21 bits per heavy atom. The molecule has 2 heterocycles. The molecule has 24 heavy (non-hydrogen) atoms. The number of nitrogens with zero attached hydrogens (tertiary/aromatic N) is 3. The highest BCUT2D eigenvalue weighted by molar-refractivity contribution is 5.88. The fraction of sp³-hybridized carbons (Fsp3) is 0.722. The van der Waals surface area contributed by atoms with Crippen molar-refractivity contribution in [1.82, 2.24) is 15.0 Å². The van der Waals surface area contributed by atoms with Gasteiger partial charge in [0.25, 0.3) is 0 Å². The molecule has 0 radical (unpaired) electrons. The van der Waals surface area contributed by atoms with Crippen molar-refractivity contribution in [2.45, 2.75) is 63.4 Å². The largest absolute Gasteiger partial charge is 0.388 e. The number of hydrogen-bond donors (Lipinski definition) is 1. The maximum absolute atomic E-state index is 12.5. The minimum absolute atomic E-state index is 0.0155. The molecular formula is C18H25N3O3. The molecule has 1 amide bonds. The van der Waals surface area contributed by atoms with E-state index in [9.17, 15) is 9.90 Å². The molecule has 0 bridgehead atoms. The third-order valence-corrected chi connectivity index (χ3v) is 5.35. The zero-order chi connectivity index (χ0) is 16.7. The predicted octanol–water partition coefficient (Wildman–Crippen LogP) is 2.20. The monoisotopic (exact) mass is 331 g/mol. The van der Waals surface area contributed by atoms with Gasteiger partial charge in [-0.3, -0.25) is 4.79 Å². The number of aromatic nitrogens is 2. The van der Waals surface area contributed by atoms with E-state index < -0.39 is 5.60 Å². The van der Waals surface area contributed by atoms with Gasteiger partial charge in [-0.15, -0.1) is 0 Å². The van der Waals surface area contributed by atoms with E-state index in [1.165, 1.54) is 18.4 Å². The molecule has 1 N–H and O–H groups in total. The Labute approximate surface area is 141 Å². The summed E-state index contributed by atoms with van der Waals surface area (Å²) in [7, 11) is 0. The molecule has 0 aromatic carbocycles. The molecule has 2 aliphatic carbocycles. The maximum Gasteiger partial charge on any atom is 0.246 e. The zero-order valence-corrected chi connectivity index (χ0v) is 14.2. The number of piperidine rings is 1. The van der Waals surface area contributed by atoms with Gasteiger partial charge in [-0.1, -0.05) is 10.7 Å². The van der Waals surface area contributed by atoms with Crippen LogP contribution in [0.5, 0.6) is 0 Å². The summed E-state index contributed by atoms with van der Waals surface area (Å²) in [5.41, 5.74) is 0.197. The van der Waals surface area contributed by atoms with Crippen LogP contribution in [0.2, 0.25) is 0 Å². The van der Waals surface area contributed by atoms with Gasteiger partial charge in [0.2, 0.25) is 11.8 Å². The van der Waals surface area contributed by atoms with Crippen LogP contribution in [-0.2, 0) is 11.2 Å². The van der Waals surface area contributed by atoms with Crippen molar-refractivity contribution in [2.75, 3.05) is 13.1 Å². The van der Waals surface area contributed by atoms with Gasteiger partial charge in [-0.25, -0.2) is 0 Å². The molecule has 6 nitrogen and oxygen atoms in total. The molecule has 1 aromatic rings. The second-order valence-corrected chi connectivity index (χ2v) is 7.75. The van der Waals surface area contributed by atoms with Crippen molar-refractivity contribution in [2.24, 2.45) is 5.92 Å². The zero-order valence-electron chi connectivity index (χ0n) is 14.2. The summed E-state index contributed by atoms with van der Waals surface area (Å²) in [4.78, 5) is 18.6. The van der Waals surface area contributed by atoms with E-state index >= 15 is 0 Å². The Balaban J connectivity index is 1.40. The number of carbonyl (C=O) groups excluding carboxylic acids is 1. The van der Waals surface area contributed by atoms with Gasteiger partial charge >= 0.3 is 0 Å². The Morgan fingerprint density at radius 1 is 1.42 bits per heavy atom. The van der Waals surface area contributed by atoms with Crippen LogP contribution in [0, 0.1) is 5.92 Å².